The monoisotopic (exact) mass is 285 g/mol. The van der Waals surface area contributed by atoms with Crippen LogP contribution in [0.4, 0.5) is 28.6 Å². The minimum atomic E-state index is -6.00. The molecule has 0 saturated carbocycles. The number of rotatable bonds is 2. The van der Waals surface area contributed by atoms with E-state index in [0.717, 1.165) is 6.26 Å². The van der Waals surface area contributed by atoms with E-state index in [9.17, 15) is 25.7 Å². The Balaban J connectivity index is 0.000000494. The number of hydrogen-bond donors (Lipinski definition) is 1. The molecular weight excluding hydrogens is 277 g/mol. The molecule has 1 rings (SSSR count). The highest BCUT2D eigenvalue weighted by Crippen LogP contribution is 2.17. The average molecular weight is 285 g/mol. The number of halogens is 4. The van der Waals surface area contributed by atoms with E-state index in [1.54, 1.807) is 18.2 Å². The summed E-state index contributed by atoms with van der Waals surface area (Å²) in [4.78, 5) is 2.93. The molecular formula is C7H8BF4N3O2S. The quantitative estimate of drug-likeness (QED) is 0.515. The molecule has 0 aliphatic rings. The molecule has 0 atom stereocenters. The molecule has 0 unspecified atom stereocenters. The summed E-state index contributed by atoms with van der Waals surface area (Å²) < 4.78 is 62.8. The van der Waals surface area contributed by atoms with Gasteiger partial charge in [0.05, 0.1) is 18.0 Å². The van der Waals surface area contributed by atoms with Crippen molar-refractivity contribution >= 4 is 28.7 Å². The molecule has 1 N–H and O–H groups in total. The third kappa shape index (κ3) is 10.7. The first-order valence-corrected chi connectivity index (χ1v) is 6.20. The Morgan fingerprint density at radius 2 is 1.78 bits per heavy atom. The summed E-state index contributed by atoms with van der Waals surface area (Å²) in [6, 6.07) is 6.12. The van der Waals surface area contributed by atoms with Crippen LogP contribution in [-0.4, -0.2) is 21.9 Å². The first-order chi connectivity index (χ1) is 8.01. The van der Waals surface area contributed by atoms with E-state index in [1.807, 2.05) is 0 Å². The highest BCUT2D eigenvalue weighted by molar-refractivity contribution is 7.92. The van der Waals surface area contributed by atoms with E-state index in [1.165, 1.54) is 6.07 Å². The Kier molecular flexibility index (Phi) is 5.57. The predicted molar refractivity (Wildman–Crippen MR) is 59.8 cm³/mol. The van der Waals surface area contributed by atoms with Crippen LogP contribution in [0.5, 0.6) is 0 Å². The minimum Gasteiger partial charge on any atom is -0.418 e. The van der Waals surface area contributed by atoms with Gasteiger partial charge in [0.15, 0.2) is 4.98 Å². The second-order valence-electron chi connectivity index (χ2n) is 3.02. The maximum absolute atomic E-state index is 10.8. The van der Waals surface area contributed by atoms with Crippen molar-refractivity contribution in [2.45, 2.75) is 0 Å². The summed E-state index contributed by atoms with van der Waals surface area (Å²) in [7, 11) is -9.28. The molecule has 1 aromatic carbocycles. The second kappa shape index (κ2) is 6.20. The van der Waals surface area contributed by atoms with Crippen molar-refractivity contribution in [1.82, 2.24) is 0 Å². The minimum absolute atomic E-state index is 0.300. The molecule has 0 saturated heterocycles. The first-order valence-electron chi connectivity index (χ1n) is 4.31. The van der Waals surface area contributed by atoms with E-state index in [2.05, 4.69) is 9.70 Å². The molecule has 0 bridgehead atoms. The van der Waals surface area contributed by atoms with Gasteiger partial charge in [0.1, 0.15) is 0 Å². The zero-order chi connectivity index (χ0) is 14.4. The van der Waals surface area contributed by atoms with Crippen LogP contribution in [0, 0.1) is 5.39 Å². The maximum atomic E-state index is 10.8. The Hall–Kier alpha value is -1.83. The van der Waals surface area contributed by atoms with Crippen LogP contribution in [0.25, 0.3) is 4.98 Å². The van der Waals surface area contributed by atoms with Crippen molar-refractivity contribution in [2.75, 3.05) is 11.0 Å². The molecule has 18 heavy (non-hydrogen) atoms. The third-order valence-electron chi connectivity index (χ3n) is 1.26. The number of nitrogens with one attached hydrogen (secondary N) is 1. The third-order valence-corrected chi connectivity index (χ3v) is 1.87. The SMILES string of the molecule is CS(=O)(=O)Nc1cccc([N+]#N)c1.F[B-](F)(F)F. The molecule has 11 heteroatoms. The van der Waals surface area contributed by atoms with E-state index >= 15 is 0 Å². The van der Waals surface area contributed by atoms with Gasteiger partial charge in [0.2, 0.25) is 15.4 Å². The summed E-state index contributed by atoms with van der Waals surface area (Å²) >= 11 is 0. The van der Waals surface area contributed by atoms with Gasteiger partial charge in [-0.15, -0.1) is 0 Å². The summed E-state index contributed by atoms with van der Waals surface area (Å²) in [5, 5.41) is 8.41. The van der Waals surface area contributed by atoms with Crippen LogP contribution in [0.15, 0.2) is 24.3 Å². The largest absolute Gasteiger partial charge is 0.673 e. The molecule has 0 heterocycles. The molecule has 0 amide bonds. The Morgan fingerprint density at radius 3 is 2.17 bits per heavy atom. The zero-order valence-electron chi connectivity index (χ0n) is 9.02. The van der Waals surface area contributed by atoms with Gasteiger partial charge in [0.25, 0.3) is 0 Å². The average Bonchev–Trinajstić information content (AvgIpc) is 2.12. The lowest BCUT2D eigenvalue weighted by atomic mass is 10.3. The van der Waals surface area contributed by atoms with Crippen molar-refractivity contribution in [1.29, 1.82) is 5.39 Å². The van der Waals surface area contributed by atoms with Crippen molar-refractivity contribution < 1.29 is 25.7 Å². The number of benzene rings is 1. The van der Waals surface area contributed by atoms with E-state index < -0.39 is 17.3 Å². The lowest BCUT2D eigenvalue weighted by Gasteiger charge is -2.00. The fourth-order valence-corrected chi connectivity index (χ4v) is 1.40. The van der Waals surface area contributed by atoms with Gasteiger partial charge >= 0.3 is 12.9 Å². The number of sulfonamides is 1. The molecule has 0 radical (unpaired) electrons. The van der Waals surface area contributed by atoms with E-state index in [0.29, 0.717) is 11.4 Å². The molecule has 100 valence electrons. The topological polar surface area (TPSA) is 74.3 Å². The van der Waals surface area contributed by atoms with Crippen LogP contribution < -0.4 is 4.72 Å². The van der Waals surface area contributed by atoms with Gasteiger partial charge < -0.3 is 17.3 Å². The molecule has 0 fully saturated rings. The van der Waals surface area contributed by atoms with Gasteiger partial charge in [-0.05, 0) is 6.07 Å². The summed E-state index contributed by atoms with van der Waals surface area (Å²) in [6.45, 7) is 0. The van der Waals surface area contributed by atoms with Crippen LogP contribution in [0.1, 0.15) is 0 Å². The fraction of sp³-hybridized carbons (Fsp3) is 0.143. The zero-order valence-corrected chi connectivity index (χ0v) is 9.83. The van der Waals surface area contributed by atoms with Crippen molar-refractivity contribution in [3.8, 4) is 0 Å². The van der Waals surface area contributed by atoms with Gasteiger partial charge in [-0.25, -0.2) is 8.42 Å². The summed E-state index contributed by atoms with van der Waals surface area (Å²) in [6.07, 6.45) is 1.05. The number of anilines is 1. The summed E-state index contributed by atoms with van der Waals surface area (Å²) in [5.74, 6) is 0. The highest BCUT2D eigenvalue weighted by Gasteiger charge is 2.20. The van der Waals surface area contributed by atoms with Crippen molar-refractivity contribution in [2.24, 2.45) is 0 Å². The van der Waals surface area contributed by atoms with Crippen LogP contribution in [0.2, 0.25) is 0 Å². The van der Waals surface area contributed by atoms with Gasteiger partial charge in [0, 0.05) is 6.07 Å². The fourth-order valence-electron chi connectivity index (χ4n) is 0.846. The van der Waals surface area contributed by atoms with Gasteiger partial charge in [-0.1, -0.05) is 6.07 Å². The second-order valence-corrected chi connectivity index (χ2v) is 4.77. The summed E-state index contributed by atoms with van der Waals surface area (Å²) in [5.41, 5.74) is 0.673. The molecule has 1 aromatic rings. The smallest absolute Gasteiger partial charge is 0.418 e. The lowest BCUT2D eigenvalue weighted by molar-refractivity contribution is 0.368. The van der Waals surface area contributed by atoms with Gasteiger partial charge in [-0.2, -0.15) is 0 Å². The molecule has 0 aliphatic carbocycles. The van der Waals surface area contributed by atoms with Crippen LogP contribution in [-0.2, 0) is 10.0 Å². The lowest BCUT2D eigenvalue weighted by Crippen LogP contribution is -2.09. The van der Waals surface area contributed by atoms with Crippen LogP contribution in [0.3, 0.4) is 0 Å². The number of diazo groups is 1. The Labute approximate surface area is 101 Å². The predicted octanol–water partition coefficient (Wildman–Crippen LogP) is 2.84. The highest BCUT2D eigenvalue weighted by atomic mass is 32.2. The number of hydrogen-bond acceptors (Lipinski definition) is 3. The van der Waals surface area contributed by atoms with Crippen molar-refractivity contribution in [3.05, 3.63) is 29.2 Å². The van der Waals surface area contributed by atoms with E-state index in [-0.39, 0.29) is 0 Å². The van der Waals surface area contributed by atoms with Crippen LogP contribution >= 0.6 is 0 Å². The van der Waals surface area contributed by atoms with Crippen molar-refractivity contribution in [3.63, 3.8) is 0 Å². The molecule has 0 aromatic heterocycles. The van der Waals surface area contributed by atoms with E-state index in [4.69, 9.17) is 5.39 Å². The molecule has 0 spiro atoms. The normalized spacial score (nSPS) is 10.9. The molecule has 5 nitrogen and oxygen atoms in total. The Bertz CT molecular complexity index is 534. The standard InChI is InChI=1S/C7H8N3O2S.BF4/c1-13(11,12)10-7-4-2-3-6(5-7)9-8;2-1(3,4)5/h2-5,10H,1H3;/q+1;-1. The first kappa shape index (κ1) is 16.2. The number of nitrogens with zero attached hydrogens (tertiary/aromatic N) is 2. The Morgan fingerprint density at radius 1 is 1.28 bits per heavy atom. The van der Waals surface area contributed by atoms with Gasteiger partial charge in [-0.3, -0.25) is 4.72 Å². The molecule has 0 aliphatic heterocycles. The maximum Gasteiger partial charge on any atom is 0.673 e.